The molecule has 2 aromatic rings. The van der Waals surface area contributed by atoms with Gasteiger partial charge in [0.2, 0.25) is 5.91 Å². The Morgan fingerprint density at radius 3 is 2.77 bits per heavy atom. The Balaban J connectivity index is 1.91. The zero-order chi connectivity index (χ0) is 15.7. The van der Waals surface area contributed by atoms with E-state index in [-0.39, 0.29) is 11.9 Å². The van der Waals surface area contributed by atoms with E-state index in [0.29, 0.717) is 5.92 Å². The fourth-order valence-electron chi connectivity index (χ4n) is 3.21. The van der Waals surface area contributed by atoms with Crippen molar-refractivity contribution in [3.63, 3.8) is 0 Å². The molecular weight excluding hydrogens is 274 g/mol. The first-order valence-corrected chi connectivity index (χ1v) is 7.97. The first-order chi connectivity index (χ1) is 10.6. The molecule has 3 rings (SSSR count). The number of piperazine rings is 1. The molecule has 0 radical (unpaired) electrons. The smallest absolute Gasteiger partial charge is 0.245 e. The Morgan fingerprint density at radius 2 is 2.00 bits per heavy atom. The van der Waals surface area contributed by atoms with Crippen molar-refractivity contribution in [1.29, 1.82) is 0 Å². The molecule has 2 heterocycles. The van der Waals surface area contributed by atoms with Crippen LogP contribution >= 0.6 is 0 Å². The van der Waals surface area contributed by atoms with Crippen LogP contribution in [-0.2, 0) is 4.79 Å². The van der Waals surface area contributed by atoms with E-state index in [2.05, 4.69) is 29.8 Å². The predicted molar refractivity (Wildman–Crippen MR) is 90.0 cm³/mol. The van der Waals surface area contributed by atoms with Gasteiger partial charge in [0, 0.05) is 36.9 Å². The van der Waals surface area contributed by atoms with Crippen molar-refractivity contribution < 1.29 is 4.79 Å². The number of pyridine rings is 1. The summed E-state index contributed by atoms with van der Waals surface area (Å²) in [6.07, 6.45) is 1.83. The van der Waals surface area contributed by atoms with E-state index in [1.54, 1.807) is 0 Å². The quantitative estimate of drug-likeness (QED) is 0.874. The average Bonchev–Trinajstić information content (AvgIpc) is 2.51. The van der Waals surface area contributed by atoms with Crippen molar-refractivity contribution in [2.24, 2.45) is 5.92 Å². The molecular formula is C18H23N3O. The highest BCUT2D eigenvalue weighted by Gasteiger charge is 2.32. The van der Waals surface area contributed by atoms with Crippen molar-refractivity contribution in [3.8, 4) is 0 Å². The van der Waals surface area contributed by atoms with Crippen LogP contribution in [0, 0.1) is 5.92 Å². The van der Waals surface area contributed by atoms with Gasteiger partial charge in [-0.1, -0.05) is 32.0 Å². The molecule has 1 amide bonds. The largest absolute Gasteiger partial charge is 0.357 e. The van der Waals surface area contributed by atoms with Gasteiger partial charge in [0.1, 0.15) is 6.04 Å². The maximum absolute atomic E-state index is 12.6. The third kappa shape index (κ3) is 2.65. The van der Waals surface area contributed by atoms with Gasteiger partial charge in [-0.2, -0.15) is 0 Å². The molecule has 1 aromatic heterocycles. The van der Waals surface area contributed by atoms with Gasteiger partial charge in [-0.25, -0.2) is 0 Å². The van der Waals surface area contributed by atoms with Crippen LogP contribution in [0.15, 0.2) is 36.5 Å². The molecule has 1 atom stereocenters. The minimum Gasteiger partial charge on any atom is -0.357 e. The number of rotatable bonds is 3. The summed E-state index contributed by atoms with van der Waals surface area (Å²) in [4.78, 5) is 21.3. The topological polar surface area (TPSA) is 36.4 Å². The minimum atomic E-state index is -0.127. The van der Waals surface area contributed by atoms with Gasteiger partial charge in [0.25, 0.3) is 0 Å². The predicted octanol–water partition coefficient (Wildman–Crippen LogP) is 2.93. The second kappa shape index (κ2) is 5.95. The normalized spacial score (nSPS) is 19.3. The Morgan fingerprint density at radius 1 is 1.23 bits per heavy atom. The third-order valence-electron chi connectivity index (χ3n) is 4.27. The van der Waals surface area contributed by atoms with Crippen LogP contribution in [0.3, 0.4) is 0 Å². The van der Waals surface area contributed by atoms with Crippen molar-refractivity contribution in [2.45, 2.75) is 26.8 Å². The summed E-state index contributed by atoms with van der Waals surface area (Å²) < 4.78 is 0. The molecule has 0 N–H and O–H groups in total. The zero-order valence-corrected chi connectivity index (χ0v) is 13.5. The number of carbonyl (C=O) groups is 1. The van der Waals surface area contributed by atoms with Gasteiger partial charge in [-0.15, -0.1) is 0 Å². The summed E-state index contributed by atoms with van der Waals surface area (Å²) in [5, 5.41) is 1.11. The number of nitrogens with zero attached hydrogens (tertiary/aromatic N) is 3. The van der Waals surface area contributed by atoms with Gasteiger partial charge < -0.3 is 9.80 Å². The molecule has 1 fully saturated rings. The number of hydrogen-bond donors (Lipinski definition) is 0. The summed E-state index contributed by atoms with van der Waals surface area (Å²) in [5.74, 6) is 0.727. The van der Waals surface area contributed by atoms with Crippen molar-refractivity contribution in [2.75, 3.05) is 24.5 Å². The summed E-state index contributed by atoms with van der Waals surface area (Å²) in [5.41, 5.74) is 2.08. The minimum absolute atomic E-state index is 0.127. The van der Waals surface area contributed by atoms with Crippen LogP contribution in [0.1, 0.15) is 20.8 Å². The Bertz CT molecular complexity index is 678. The molecule has 1 aromatic carbocycles. The lowest BCUT2D eigenvalue weighted by Gasteiger charge is -2.41. The molecule has 1 aliphatic rings. The second-order valence-electron chi connectivity index (χ2n) is 6.39. The van der Waals surface area contributed by atoms with Gasteiger partial charge in [-0.05, 0) is 25.0 Å². The number of fused-ring (bicyclic) bond motifs is 1. The highest BCUT2D eigenvalue weighted by molar-refractivity contribution is 5.95. The number of aromatic nitrogens is 1. The zero-order valence-electron chi connectivity index (χ0n) is 13.5. The number of carbonyl (C=O) groups excluding carboxylic acids is 1. The first-order valence-electron chi connectivity index (χ1n) is 7.97. The number of amides is 1. The molecule has 0 unspecified atom stereocenters. The van der Waals surface area contributed by atoms with Crippen molar-refractivity contribution in [3.05, 3.63) is 36.5 Å². The lowest BCUT2D eigenvalue weighted by molar-refractivity contribution is -0.134. The van der Waals surface area contributed by atoms with Crippen molar-refractivity contribution >= 4 is 22.5 Å². The summed E-state index contributed by atoms with van der Waals surface area (Å²) in [6, 6.07) is 10.0. The number of hydrogen-bond acceptors (Lipinski definition) is 3. The van der Waals surface area contributed by atoms with Crippen LogP contribution in [0.2, 0.25) is 0 Å². The Kier molecular flexibility index (Phi) is 4.01. The highest BCUT2D eigenvalue weighted by atomic mass is 16.2. The molecule has 0 spiro atoms. The van der Waals surface area contributed by atoms with Gasteiger partial charge >= 0.3 is 0 Å². The molecule has 1 saturated heterocycles. The summed E-state index contributed by atoms with van der Waals surface area (Å²) in [7, 11) is 0. The molecule has 0 aliphatic carbocycles. The van der Waals surface area contributed by atoms with Crippen LogP contribution in [0.4, 0.5) is 5.69 Å². The third-order valence-corrected chi connectivity index (χ3v) is 4.27. The first kappa shape index (κ1) is 14.8. The molecule has 116 valence electrons. The summed E-state index contributed by atoms with van der Waals surface area (Å²) >= 11 is 0. The number of anilines is 1. The fourth-order valence-corrected chi connectivity index (χ4v) is 3.21. The molecule has 0 saturated carbocycles. The van der Waals surface area contributed by atoms with Gasteiger partial charge in [0.05, 0.1) is 5.52 Å². The highest BCUT2D eigenvalue weighted by Crippen LogP contribution is 2.28. The number of para-hydroxylation sites is 1. The van der Waals surface area contributed by atoms with E-state index < -0.39 is 0 Å². The SMILES string of the molecule is CC(C)CN1CCN(c2ccnc3ccccc23)[C@H](C)C1=O. The van der Waals surface area contributed by atoms with Crippen LogP contribution < -0.4 is 4.90 Å². The maximum Gasteiger partial charge on any atom is 0.245 e. The maximum atomic E-state index is 12.6. The fraction of sp³-hybridized carbons (Fsp3) is 0.444. The molecule has 22 heavy (non-hydrogen) atoms. The van der Waals surface area contributed by atoms with E-state index in [4.69, 9.17) is 0 Å². The van der Waals surface area contributed by atoms with E-state index in [0.717, 1.165) is 36.2 Å². The second-order valence-corrected chi connectivity index (χ2v) is 6.39. The average molecular weight is 297 g/mol. The van der Waals surface area contributed by atoms with Crippen LogP contribution in [0.5, 0.6) is 0 Å². The molecule has 0 bridgehead atoms. The monoisotopic (exact) mass is 297 g/mol. The van der Waals surface area contributed by atoms with E-state index in [1.165, 1.54) is 0 Å². The van der Waals surface area contributed by atoms with Crippen LogP contribution in [0.25, 0.3) is 10.9 Å². The van der Waals surface area contributed by atoms with E-state index in [1.807, 2.05) is 42.3 Å². The molecule has 4 nitrogen and oxygen atoms in total. The van der Waals surface area contributed by atoms with Gasteiger partial charge in [0.15, 0.2) is 0 Å². The summed E-state index contributed by atoms with van der Waals surface area (Å²) in [6.45, 7) is 8.81. The Labute approximate surface area is 131 Å². The lowest BCUT2D eigenvalue weighted by atomic mass is 10.1. The Hall–Kier alpha value is -2.10. The molecule has 4 heteroatoms. The van der Waals surface area contributed by atoms with E-state index >= 15 is 0 Å². The van der Waals surface area contributed by atoms with Crippen molar-refractivity contribution in [1.82, 2.24) is 9.88 Å². The lowest BCUT2D eigenvalue weighted by Crippen LogP contribution is -2.56. The van der Waals surface area contributed by atoms with Gasteiger partial charge in [-0.3, -0.25) is 9.78 Å². The standard InChI is InChI=1S/C18H23N3O/c1-13(2)12-20-10-11-21(14(3)18(20)22)17-8-9-19-16-7-5-4-6-15(16)17/h4-9,13-14H,10-12H2,1-3H3/t14-/m1/s1. The van der Waals surface area contributed by atoms with Crippen LogP contribution in [-0.4, -0.2) is 41.5 Å². The molecule has 1 aliphatic heterocycles. The van der Waals surface area contributed by atoms with E-state index in [9.17, 15) is 4.79 Å². The number of benzene rings is 1.